The highest BCUT2D eigenvalue weighted by Gasteiger charge is 2.17. The van der Waals surface area contributed by atoms with Crippen molar-refractivity contribution in [1.29, 1.82) is 0 Å². The minimum Gasteiger partial charge on any atom is -0.484 e. The van der Waals surface area contributed by atoms with E-state index in [1.54, 1.807) is 0 Å². The Morgan fingerprint density at radius 2 is 2.11 bits per heavy atom. The van der Waals surface area contributed by atoms with Gasteiger partial charge < -0.3 is 14.6 Å². The van der Waals surface area contributed by atoms with E-state index in [-0.39, 0.29) is 35.8 Å². The van der Waals surface area contributed by atoms with Crippen LogP contribution in [0.2, 0.25) is 5.02 Å². The third kappa shape index (κ3) is 5.42. The number of aliphatic hydroxyl groups is 1. The molecule has 0 aromatic heterocycles. The number of nitrogens with zero attached hydrogens (tertiary/aromatic N) is 1. The Hall–Kier alpha value is -1.37. The number of hydrogen-bond acceptors (Lipinski definition) is 5. The quantitative estimate of drug-likeness (QED) is 0.616. The minimum absolute atomic E-state index is 0.000446. The van der Waals surface area contributed by atoms with Gasteiger partial charge in [0.05, 0.1) is 17.6 Å². The smallest absolute Gasteiger partial charge is 0.312 e. The molecule has 1 aromatic carbocycles. The molecule has 1 atom stereocenters. The van der Waals surface area contributed by atoms with Crippen LogP contribution in [-0.2, 0) is 4.74 Å². The molecule has 0 saturated heterocycles. The summed E-state index contributed by atoms with van der Waals surface area (Å²) in [6.07, 6.45) is -0.850. The zero-order valence-corrected chi connectivity index (χ0v) is 11.5. The zero-order chi connectivity index (χ0) is 14.4. The van der Waals surface area contributed by atoms with E-state index in [1.807, 2.05) is 13.8 Å². The van der Waals surface area contributed by atoms with Crippen molar-refractivity contribution >= 4 is 17.3 Å². The van der Waals surface area contributed by atoms with Crippen LogP contribution in [-0.4, -0.2) is 35.5 Å². The Kier molecular flexibility index (Phi) is 6.01. The summed E-state index contributed by atoms with van der Waals surface area (Å²) in [5.41, 5.74) is -0.232. The number of rotatable bonds is 7. The summed E-state index contributed by atoms with van der Waals surface area (Å²) in [6.45, 7) is 3.71. The molecule has 1 unspecified atom stereocenters. The highest BCUT2D eigenvalue weighted by molar-refractivity contribution is 6.30. The predicted molar refractivity (Wildman–Crippen MR) is 70.7 cm³/mol. The molecule has 0 aliphatic carbocycles. The third-order valence-corrected chi connectivity index (χ3v) is 2.41. The second-order valence-corrected chi connectivity index (χ2v) is 4.65. The van der Waals surface area contributed by atoms with Gasteiger partial charge in [-0.15, -0.1) is 0 Å². The van der Waals surface area contributed by atoms with Crippen LogP contribution in [0.15, 0.2) is 18.2 Å². The van der Waals surface area contributed by atoms with E-state index in [9.17, 15) is 15.2 Å². The van der Waals surface area contributed by atoms with Crippen LogP contribution in [0.25, 0.3) is 0 Å². The minimum atomic E-state index is -0.849. The molecule has 0 heterocycles. The van der Waals surface area contributed by atoms with Gasteiger partial charge in [0.2, 0.25) is 0 Å². The lowest BCUT2D eigenvalue weighted by Gasteiger charge is -2.14. The Balaban J connectivity index is 2.60. The molecule has 0 bridgehead atoms. The third-order valence-electron chi connectivity index (χ3n) is 2.17. The second kappa shape index (κ2) is 7.28. The van der Waals surface area contributed by atoms with E-state index < -0.39 is 11.0 Å². The van der Waals surface area contributed by atoms with Gasteiger partial charge >= 0.3 is 5.69 Å². The molecule has 0 amide bonds. The Bertz CT molecular complexity index is 438. The second-order valence-electron chi connectivity index (χ2n) is 4.22. The molecule has 106 valence electrons. The lowest BCUT2D eigenvalue weighted by Crippen LogP contribution is -2.25. The highest BCUT2D eigenvalue weighted by atomic mass is 35.5. The van der Waals surface area contributed by atoms with Gasteiger partial charge in [-0.25, -0.2) is 0 Å². The van der Waals surface area contributed by atoms with E-state index in [0.717, 1.165) is 0 Å². The highest BCUT2D eigenvalue weighted by Crippen LogP contribution is 2.29. The molecule has 0 aliphatic heterocycles. The summed E-state index contributed by atoms with van der Waals surface area (Å²) in [5.74, 6) is 0.0676. The molecule has 1 rings (SSSR count). The number of aliphatic hydroxyl groups excluding tert-OH is 1. The van der Waals surface area contributed by atoms with Gasteiger partial charge in [-0.05, 0) is 26.0 Å². The first kappa shape index (κ1) is 15.7. The van der Waals surface area contributed by atoms with Crippen LogP contribution in [0.1, 0.15) is 13.8 Å². The van der Waals surface area contributed by atoms with Crippen molar-refractivity contribution < 1.29 is 19.5 Å². The standard InChI is InChI=1S/C12H16ClNO5/c1-8(2)18-6-10(15)7-19-12-4-3-9(13)5-11(12)14(16)17/h3-5,8,10,15H,6-7H2,1-2H3. The summed E-state index contributed by atoms with van der Waals surface area (Å²) < 4.78 is 10.4. The Morgan fingerprint density at radius 3 is 2.68 bits per heavy atom. The van der Waals surface area contributed by atoms with Gasteiger partial charge in [-0.3, -0.25) is 10.1 Å². The van der Waals surface area contributed by atoms with Crippen LogP contribution in [0.4, 0.5) is 5.69 Å². The van der Waals surface area contributed by atoms with Crippen molar-refractivity contribution in [1.82, 2.24) is 0 Å². The molecular formula is C12H16ClNO5. The van der Waals surface area contributed by atoms with Crippen LogP contribution in [0.5, 0.6) is 5.75 Å². The zero-order valence-electron chi connectivity index (χ0n) is 10.7. The Labute approximate surface area is 116 Å². The largest absolute Gasteiger partial charge is 0.484 e. The molecule has 0 spiro atoms. The number of nitro groups is 1. The van der Waals surface area contributed by atoms with E-state index in [2.05, 4.69) is 0 Å². The Morgan fingerprint density at radius 1 is 1.42 bits per heavy atom. The number of benzene rings is 1. The maximum absolute atomic E-state index is 10.8. The fourth-order valence-corrected chi connectivity index (χ4v) is 1.46. The van der Waals surface area contributed by atoms with Gasteiger partial charge in [0, 0.05) is 11.1 Å². The van der Waals surface area contributed by atoms with E-state index >= 15 is 0 Å². The molecule has 0 fully saturated rings. The number of nitro benzene ring substituents is 1. The fourth-order valence-electron chi connectivity index (χ4n) is 1.29. The molecule has 1 aromatic rings. The monoisotopic (exact) mass is 289 g/mol. The van der Waals surface area contributed by atoms with Crippen molar-refractivity contribution in [3.8, 4) is 5.75 Å². The molecule has 1 N–H and O–H groups in total. The van der Waals surface area contributed by atoms with Gasteiger partial charge in [0.25, 0.3) is 0 Å². The summed E-state index contributed by atoms with van der Waals surface area (Å²) in [6, 6.07) is 4.09. The first-order valence-corrected chi connectivity index (χ1v) is 6.14. The van der Waals surface area contributed by atoms with Gasteiger partial charge in [-0.2, -0.15) is 0 Å². The lowest BCUT2D eigenvalue weighted by atomic mass is 10.3. The van der Waals surface area contributed by atoms with Crippen LogP contribution >= 0.6 is 11.6 Å². The maximum atomic E-state index is 10.8. The first-order chi connectivity index (χ1) is 8.90. The van der Waals surface area contributed by atoms with Crippen molar-refractivity contribution in [2.24, 2.45) is 0 Å². The average Bonchev–Trinajstić information content (AvgIpc) is 2.34. The van der Waals surface area contributed by atoms with E-state index in [1.165, 1.54) is 18.2 Å². The van der Waals surface area contributed by atoms with Crippen molar-refractivity contribution in [3.63, 3.8) is 0 Å². The molecule has 7 heteroatoms. The van der Waals surface area contributed by atoms with Gasteiger partial charge in [0.15, 0.2) is 5.75 Å². The predicted octanol–water partition coefficient (Wildman–Crippen LogP) is 2.41. The van der Waals surface area contributed by atoms with Crippen LogP contribution < -0.4 is 4.74 Å². The van der Waals surface area contributed by atoms with Crippen LogP contribution in [0, 0.1) is 10.1 Å². The van der Waals surface area contributed by atoms with E-state index in [0.29, 0.717) is 0 Å². The normalized spacial score (nSPS) is 12.5. The topological polar surface area (TPSA) is 81.8 Å². The average molecular weight is 290 g/mol. The molecule has 6 nitrogen and oxygen atoms in total. The maximum Gasteiger partial charge on any atom is 0.312 e. The molecule has 19 heavy (non-hydrogen) atoms. The summed E-state index contributed by atoms with van der Waals surface area (Å²) in [4.78, 5) is 10.2. The van der Waals surface area contributed by atoms with E-state index in [4.69, 9.17) is 21.1 Å². The summed E-state index contributed by atoms with van der Waals surface area (Å²) in [7, 11) is 0. The molecular weight excluding hydrogens is 274 g/mol. The summed E-state index contributed by atoms with van der Waals surface area (Å²) >= 11 is 5.68. The molecule has 0 aliphatic rings. The van der Waals surface area contributed by atoms with Crippen LogP contribution in [0.3, 0.4) is 0 Å². The number of halogens is 1. The van der Waals surface area contributed by atoms with Crippen molar-refractivity contribution in [3.05, 3.63) is 33.3 Å². The molecule has 0 radical (unpaired) electrons. The first-order valence-electron chi connectivity index (χ1n) is 5.76. The number of ether oxygens (including phenoxy) is 2. The molecule has 0 saturated carbocycles. The fraction of sp³-hybridized carbons (Fsp3) is 0.500. The van der Waals surface area contributed by atoms with Gasteiger partial charge in [-0.1, -0.05) is 11.6 Å². The summed E-state index contributed by atoms with van der Waals surface area (Å²) in [5, 5.41) is 20.7. The van der Waals surface area contributed by atoms with Crippen molar-refractivity contribution in [2.45, 2.75) is 26.1 Å². The van der Waals surface area contributed by atoms with Gasteiger partial charge in [0.1, 0.15) is 12.7 Å². The SMILES string of the molecule is CC(C)OCC(O)COc1ccc(Cl)cc1[N+](=O)[O-]. The number of hydrogen-bond donors (Lipinski definition) is 1. The van der Waals surface area contributed by atoms with Crippen molar-refractivity contribution in [2.75, 3.05) is 13.2 Å². The lowest BCUT2D eigenvalue weighted by molar-refractivity contribution is -0.385.